The van der Waals surface area contributed by atoms with Crippen molar-refractivity contribution in [1.29, 1.82) is 0 Å². The first kappa shape index (κ1) is 14.8. The number of halogens is 6. The first-order valence-corrected chi connectivity index (χ1v) is 7.05. The molecule has 0 aromatic heterocycles. The van der Waals surface area contributed by atoms with Crippen molar-refractivity contribution in [2.24, 2.45) is 0 Å². The van der Waals surface area contributed by atoms with E-state index in [9.17, 15) is 26.3 Å². The van der Waals surface area contributed by atoms with Crippen molar-refractivity contribution in [3.8, 4) is 0 Å². The van der Waals surface area contributed by atoms with Crippen LogP contribution in [0.3, 0.4) is 0 Å². The van der Waals surface area contributed by atoms with Gasteiger partial charge in [0.1, 0.15) is 0 Å². The number of hydrogen-bond acceptors (Lipinski definition) is 0. The van der Waals surface area contributed by atoms with E-state index in [4.69, 9.17) is 0 Å². The molecule has 0 bridgehead atoms. The topological polar surface area (TPSA) is 0 Å². The van der Waals surface area contributed by atoms with E-state index < -0.39 is 31.1 Å². The Morgan fingerprint density at radius 3 is 1.27 bits per heavy atom. The van der Waals surface area contributed by atoms with Gasteiger partial charge < -0.3 is 0 Å². The zero-order valence-corrected chi connectivity index (χ0v) is 9.97. The molecule has 0 rings (SSSR count). The molecule has 0 aliphatic carbocycles. The van der Waals surface area contributed by atoms with Crippen LogP contribution in [-0.4, -0.2) is 20.0 Å². The summed E-state index contributed by atoms with van der Waals surface area (Å²) >= 11 is 0. The summed E-state index contributed by atoms with van der Waals surface area (Å²) in [5, 5.41) is -1.36. The van der Waals surface area contributed by atoms with Crippen LogP contribution in [0.15, 0.2) is 0 Å². The highest BCUT2D eigenvalue weighted by atomic mass is 28.3. The molecule has 1 atom stereocenters. The summed E-state index contributed by atoms with van der Waals surface area (Å²) in [7, 11) is -4.41. The molecule has 0 amide bonds. The van der Waals surface area contributed by atoms with Crippen LogP contribution in [0.5, 0.6) is 0 Å². The summed E-state index contributed by atoms with van der Waals surface area (Å²) in [5.41, 5.74) is 0. The Kier molecular flexibility index (Phi) is 3.62. The summed E-state index contributed by atoms with van der Waals surface area (Å²) in [6.45, 7) is 4.41. The quantitative estimate of drug-likeness (QED) is 0.475. The molecule has 0 radical (unpaired) electrons. The van der Waals surface area contributed by atoms with Gasteiger partial charge in [-0.15, -0.1) is 0 Å². The van der Waals surface area contributed by atoms with Gasteiger partial charge in [0.25, 0.3) is 0 Å². The van der Waals surface area contributed by atoms with Crippen molar-refractivity contribution in [3.05, 3.63) is 0 Å². The van der Waals surface area contributed by atoms with E-state index in [0.29, 0.717) is 0 Å². The molecule has 0 aromatic rings. The van der Waals surface area contributed by atoms with Gasteiger partial charge in [0.2, 0.25) is 0 Å². The summed E-state index contributed by atoms with van der Waals surface area (Å²) in [4.78, 5) is 0. The zero-order valence-electron chi connectivity index (χ0n) is 8.97. The van der Waals surface area contributed by atoms with Crippen molar-refractivity contribution in [2.75, 3.05) is 0 Å². The lowest BCUT2D eigenvalue weighted by Gasteiger charge is -2.41. The summed E-state index contributed by atoms with van der Waals surface area (Å²) in [6, 6.07) is -1.72. The number of hydrogen-bond donors (Lipinski definition) is 0. The molecule has 92 valence electrons. The third-order valence-corrected chi connectivity index (χ3v) is 8.50. The minimum Gasteiger partial charge on any atom is -0.177 e. The van der Waals surface area contributed by atoms with E-state index in [-0.39, 0.29) is 0 Å². The Balaban J connectivity index is 5.26. The maximum absolute atomic E-state index is 12.7. The molecular formula is C8H14F6Si. The monoisotopic (exact) mass is 252 g/mol. The van der Waals surface area contributed by atoms with Gasteiger partial charge in [-0.1, -0.05) is 27.3 Å². The SMILES string of the molecule is CC(C)(C)[Si](C)(CC(F)(F)F)C(F)(F)F. The van der Waals surface area contributed by atoms with Crippen LogP contribution in [0.2, 0.25) is 17.6 Å². The number of alkyl halides is 6. The van der Waals surface area contributed by atoms with Crippen LogP contribution >= 0.6 is 0 Å². The maximum Gasteiger partial charge on any atom is 0.387 e. The van der Waals surface area contributed by atoms with Crippen molar-refractivity contribution in [3.63, 3.8) is 0 Å². The summed E-state index contributed by atoms with van der Waals surface area (Å²) in [5.74, 6) is -4.74. The molecule has 0 N–H and O–H groups in total. The average Bonchev–Trinajstić information content (AvgIpc) is 1.77. The fraction of sp³-hybridized carbons (Fsp3) is 1.00. The van der Waals surface area contributed by atoms with Crippen LogP contribution in [0, 0.1) is 0 Å². The third kappa shape index (κ3) is 3.39. The molecule has 0 saturated carbocycles. The Morgan fingerprint density at radius 1 is 0.867 bits per heavy atom. The van der Waals surface area contributed by atoms with Gasteiger partial charge in [0.15, 0.2) is 8.07 Å². The average molecular weight is 252 g/mol. The molecular weight excluding hydrogens is 238 g/mol. The zero-order chi connectivity index (χ0) is 12.7. The van der Waals surface area contributed by atoms with Gasteiger partial charge in [-0.3, -0.25) is 0 Å². The van der Waals surface area contributed by atoms with Crippen LogP contribution in [0.4, 0.5) is 26.3 Å². The van der Waals surface area contributed by atoms with E-state index >= 15 is 0 Å². The highest BCUT2D eigenvalue weighted by Crippen LogP contribution is 2.51. The molecule has 0 aromatic carbocycles. The molecule has 7 heteroatoms. The van der Waals surface area contributed by atoms with Crippen LogP contribution < -0.4 is 0 Å². The predicted molar refractivity (Wildman–Crippen MR) is 48.3 cm³/mol. The molecule has 1 unspecified atom stereocenters. The van der Waals surface area contributed by atoms with E-state index in [1.54, 1.807) is 0 Å². The normalized spacial score (nSPS) is 18.8. The van der Waals surface area contributed by atoms with E-state index in [1.807, 2.05) is 0 Å². The fourth-order valence-corrected chi connectivity index (χ4v) is 3.57. The second-order valence-corrected chi connectivity index (χ2v) is 9.96. The Morgan fingerprint density at radius 2 is 1.20 bits per heavy atom. The molecule has 0 nitrogen and oxygen atoms in total. The summed E-state index contributed by atoms with van der Waals surface area (Å²) < 4.78 is 74.5. The maximum atomic E-state index is 12.7. The summed E-state index contributed by atoms with van der Waals surface area (Å²) in [6.07, 6.45) is -4.76. The van der Waals surface area contributed by atoms with Gasteiger partial charge in [0, 0.05) is 6.04 Å². The molecule has 0 aliphatic heterocycles. The largest absolute Gasteiger partial charge is 0.387 e. The van der Waals surface area contributed by atoms with Crippen molar-refractivity contribution < 1.29 is 26.3 Å². The molecule has 15 heavy (non-hydrogen) atoms. The van der Waals surface area contributed by atoms with Gasteiger partial charge in [-0.2, -0.15) is 26.3 Å². The van der Waals surface area contributed by atoms with Crippen molar-refractivity contribution >= 4 is 8.07 Å². The lowest BCUT2D eigenvalue weighted by atomic mass is 10.2. The van der Waals surface area contributed by atoms with E-state index in [0.717, 1.165) is 6.55 Å². The Bertz CT molecular complexity index is 207. The first-order chi connectivity index (χ1) is 6.21. The van der Waals surface area contributed by atoms with Crippen LogP contribution in [-0.2, 0) is 0 Å². The minimum absolute atomic E-state index is 0.750. The fourth-order valence-electron chi connectivity index (χ4n) is 1.19. The predicted octanol–water partition coefficient (Wildman–Crippen LogP) is 4.53. The van der Waals surface area contributed by atoms with Gasteiger partial charge in [-0.05, 0) is 5.04 Å². The van der Waals surface area contributed by atoms with Crippen LogP contribution in [0.25, 0.3) is 0 Å². The first-order valence-electron chi connectivity index (χ1n) is 4.34. The molecule has 0 spiro atoms. The standard InChI is InChI=1S/C8H14F6Si/c1-6(2,3)15(4,8(12,13)14)5-7(9,10)11/h5H2,1-4H3. The third-order valence-electron chi connectivity index (χ3n) is 2.83. The molecule has 0 fully saturated rings. The second kappa shape index (κ2) is 3.67. The second-order valence-electron chi connectivity index (χ2n) is 4.87. The van der Waals surface area contributed by atoms with Crippen molar-refractivity contribution in [2.45, 2.75) is 50.4 Å². The van der Waals surface area contributed by atoms with E-state index in [1.165, 1.54) is 20.8 Å². The van der Waals surface area contributed by atoms with Crippen LogP contribution in [0.1, 0.15) is 20.8 Å². The lowest BCUT2D eigenvalue weighted by Crippen LogP contribution is -2.56. The lowest BCUT2D eigenvalue weighted by molar-refractivity contribution is -0.121. The molecule has 0 aliphatic rings. The molecule has 0 saturated heterocycles. The number of rotatable bonds is 1. The van der Waals surface area contributed by atoms with E-state index in [2.05, 4.69) is 0 Å². The highest BCUT2D eigenvalue weighted by molar-refractivity contribution is 6.83. The van der Waals surface area contributed by atoms with Gasteiger partial charge in [0.05, 0.1) is 0 Å². The smallest absolute Gasteiger partial charge is 0.177 e. The van der Waals surface area contributed by atoms with Gasteiger partial charge >= 0.3 is 12.0 Å². The van der Waals surface area contributed by atoms with Crippen molar-refractivity contribution in [1.82, 2.24) is 0 Å². The highest BCUT2D eigenvalue weighted by Gasteiger charge is 2.64. The minimum atomic E-state index is -4.76. The molecule has 0 heterocycles. The Labute approximate surface area is 85.7 Å². The van der Waals surface area contributed by atoms with Gasteiger partial charge in [-0.25, -0.2) is 0 Å². The Hall–Kier alpha value is -0.203.